The van der Waals surface area contributed by atoms with E-state index in [1.54, 1.807) is 0 Å². The lowest BCUT2D eigenvalue weighted by molar-refractivity contribution is 0.929. The largest absolute Gasteiger partial charge is 0.278 e. The van der Waals surface area contributed by atoms with Gasteiger partial charge in [0.05, 0.1) is 6.04 Å². The molecule has 0 radical (unpaired) electrons. The molecule has 1 heteroatoms. The summed E-state index contributed by atoms with van der Waals surface area (Å²) < 4.78 is 0. The van der Waals surface area contributed by atoms with Gasteiger partial charge in [-0.1, -0.05) is 61.2 Å². The van der Waals surface area contributed by atoms with Gasteiger partial charge in [-0.3, -0.25) is 4.99 Å². The Morgan fingerprint density at radius 1 is 1.05 bits per heavy atom. The van der Waals surface area contributed by atoms with Crippen molar-refractivity contribution in [3.8, 4) is 11.1 Å². The van der Waals surface area contributed by atoms with Crippen LogP contribution in [-0.4, -0.2) is 5.71 Å². The van der Waals surface area contributed by atoms with Gasteiger partial charge in [0.25, 0.3) is 0 Å². The van der Waals surface area contributed by atoms with Crippen LogP contribution in [-0.2, 0) is 0 Å². The first kappa shape index (κ1) is 12.6. The first-order chi connectivity index (χ1) is 9.78. The van der Waals surface area contributed by atoms with Gasteiger partial charge in [0, 0.05) is 5.71 Å². The molecule has 1 unspecified atom stereocenters. The molecule has 1 heterocycles. The molecular weight excluding hydrogens is 242 g/mol. The van der Waals surface area contributed by atoms with Crippen LogP contribution in [0.2, 0.25) is 0 Å². The molecule has 0 saturated carbocycles. The fraction of sp³-hybridized carbons (Fsp3) is 0.105. The zero-order valence-electron chi connectivity index (χ0n) is 11.6. The minimum Gasteiger partial charge on any atom is -0.278 e. The molecule has 0 aliphatic carbocycles. The molecule has 0 fully saturated rings. The van der Waals surface area contributed by atoms with Crippen molar-refractivity contribution in [3.05, 3.63) is 78.4 Å². The van der Waals surface area contributed by atoms with Crippen molar-refractivity contribution in [1.82, 2.24) is 0 Å². The van der Waals surface area contributed by atoms with E-state index in [0.717, 1.165) is 11.3 Å². The van der Waals surface area contributed by atoms with Crippen LogP contribution in [0.1, 0.15) is 24.1 Å². The average molecular weight is 259 g/mol. The Labute approximate surface area is 120 Å². The molecule has 98 valence electrons. The Kier molecular flexibility index (Phi) is 3.34. The normalized spacial score (nSPS) is 17.1. The van der Waals surface area contributed by atoms with Crippen LogP contribution in [0.4, 0.5) is 0 Å². The van der Waals surface area contributed by atoms with E-state index in [4.69, 9.17) is 0 Å². The molecule has 2 aromatic carbocycles. The Bertz CT molecular complexity index is 693. The highest BCUT2D eigenvalue weighted by molar-refractivity contribution is 5.95. The van der Waals surface area contributed by atoms with E-state index in [-0.39, 0.29) is 6.04 Å². The van der Waals surface area contributed by atoms with Gasteiger partial charge in [0.15, 0.2) is 0 Å². The fourth-order valence-electron chi connectivity index (χ4n) is 2.54. The average Bonchev–Trinajstić information content (AvgIpc) is 2.94. The molecule has 1 aliphatic heterocycles. The second kappa shape index (κ2) is 5.30. The summed E-state index contributed by atoms with van der Waals surface area (Å²) in [5.41, 5.74) is 5.90. The Hall–Kier alpha value is -2.41. The summed E-state index contributed by atoms with van der Waals surface area (Å²) in [4.78, 5) is 4.66. The van der Waals surface area contributed by atoms with Crippen molar-refractivity contribution in [2.24, 2.45) is 4.99 Å². The third-order valence-electron chi connectivity index (χ3n) is 3.59. The summed E-state index contributed by atoms with van der Waals surface area (Å²) >= 11 is 0. The molecule has 1 aliphatic rings. The Morgan fingerprint density at radius 2 is 1.85 bits per heavy atom. The minimum atomic E-state index is 0.117. The number of nitrogens with zero attached hydrogens (tertiary/aromatic N) is 1. The smallest absolute Gasteiger partial charge is 0.0943 e. The van der Waals surface area contributed by atoms with Gasteiger partial charge in [0.1, 0.15) is 0 Å². The highest BCUT2D eigenvalue weighted by Gasteiger charge is 2.15. The number of hydrogen-bond donors (Lipinski definition) is 0. The Morgan fingerprint density at radius 3 is 2.50 bits per heavy atom. The van der Waals surface area contributed by atoms with E-state index < -0.39 is 0 Å². The van der Waals surface area contributed by atoms with Crippen LogP contribution in [0, 0.1) is 0 Å². The summed E-state index contributed by atoms with van der Waals surface area (Å²) in [5, 5.41) is 0. The summed E-state index contributed by atoms with van der Waals surface area (Å²) in [6, 6.07) is 17.0. The molecule has 0 saturated heterocycles. The third-order valence-corrected chi connectivity index (χ3v) is 3.59. The lowest BCUT2D eigenvalue weighted by Crippen LogP contribution is -1.94. The van der Waals surface area contributed by atoms with E-state index in [1.807, 2.05) is 19.1 Å². The monoisotopic (exact) mass is 259 g/mol. The minimum absolute atomic E-state index is 0.117. The van der Waals surface area contributed by atoms with Crippen molar-refractivity contribution in [2.45, 2.75) is 13.0 Å². The van der Waals surface area contributed by atoms with Gasteiger partial charge in [0.2, 0.25) is 0 Å². The van der Waals surface area contributed by atoms with Gasteiger partial charge in [-0.2, -0.15) is 0 Å². The van der Waals surface area contributed by atoms with Crippen LogP contribution in [0.25, 0.3) is 17.2 Å². The van der Waals surface area contributed by atoms with Crippen LogP contribution in [0.3, 0.4) is 0 Å². The van der Waals surface area contributed by atoms with Gasteiger partial charge in [-0.05, 0) is 41.3 Å². The van der Waals surface area contributed by atoms with Crippen molar-refractivity contribution >= 4 is 11.8 Å². The van der Waals surface area contributed by atoms with Crippen molar-refractivity contribution in [2.75, 3.05) is 0 Å². The van der Waals surface area contributed by atoms with Gasteiger partial charge >= 0.3 is 0 Å². The number of allylic oxidation sites excluding steroid dienone is 1. The van der Waals surface area contributed by atoms with Crippen LogP contribution < -0.4 is 0 Å². The zero-order valence-corrected chi connectivity index (χ0v) is 11.6. The molecule has 0 N–H and O–H groups in total. The molecule has 1 nitrogen and oxygen atoms in total. The van der Waals surface area contributed by atoms with Crippen molar-refractivity contribution in [1.29, 1.82) is 0 Å². The zero-order chi connectivity index (χ0) is 13.9. The molecule has 20 heavy (non-hydrogen) atoms. The topological polar surface area (TPSA) is 12.4 Å². The SMILES string of the molecule is C=Cc1ccc(-c2ccccc2)cc1C1C=CC(C)=N1. The molecule has 1 atom stereocenters. The van der Waals surface area contributed by atoms with Crippen LogP contribution in [0.15, 0.2) is 72.3 Å². The summed E-state index contributed by atoms with van der Waals surface area (Å²) in [6.07, 6.45) is 6.13. The summed E-state index contributed by atoms with van der Waals surface area (Å²) in [6.45, 7) is 5.94. The number of benzene rings is 2. The summed E-state index contributed by atoms with van der Waals surface area (Å²) in [7, 11) is 0. The second-order valence-corrected chi connectivity index (χ2v) is 4.99. The van der Waals surface area contributed by atoms with Crippen molar-refractivity contribution < 1.29 is 0 Å². The standard InChI is InChI=1S/C19H17N/c1-3-15-10-11-17(16-7-5-4-6-8-16)13-18(15)19-12-9-14(2)20-19/h3-13,19H,1H2,2H3. The second-order valence-electron chi connectivity index (χ2n) is 4.99. The molecule has 0 amide bonds. The Balaban J connectivity index is 2.08. The molecule has 3 rings (SSSR count). The lowest BCUT2D eigenvalue weighted by Gasteiger charge is -2.12. The van der Waals surface area contributed by atoms with E-state index in [2.05, 4.69) is 66.2 Å². The number of rotatable bonds is 3. The maximum Gasteiger partial charge on any atom is 0.0943 e. The van der Waals surface area contributed by atoms with Crippen LogP contribution in [0.5, 0.6) is 0 Å². The van der Waals surface area contributed by atoms with E-state index in [0.29, 0.717) is 0 Å². The molecule has 2 aromatic rings. The highest BCUT2D eigenvalue weighted by Crippen LogP contribution is 2.31. The van der Waals surface area contributed by atoms with Gasteiger partial charge in [-0.25, -0.2) is 0 Å². The fourth-order valence-corrected chi connectivity index (χ4v) is 2.54. The molecular formula is C19H17N. The predicted octanol–water partition coefficient (Wildman–Crippen LogP) is 5.07. The van der Waals surface area contributed by atoms with E-state index in [1.165, 1.54) is 16.7 Å². The predicted molar refractivity (Wildman–Crippen MR) is 87.0 cm³/mol. The quantitative estimate of drug-likeness (QED) is 0.730. The number of hydrogen-bond acceptors (Lipinski definition) is 1. The maximum absolute atomic E-state index is 4.66. The van der Waals surface area contributed by atoms with E-state index >= 15 is 0 Å². The molecule has 0 aromatic heterocycles. The van der Waals surface area contributed by atoms with E-state index in [9.17, 15) is 0 Å². The first-order valence-corrected chi connectivity index (χ1v) is 6.82. The number of aliphatic imine (C=N–C) groups is 1. The van der Waals surface area contributed by atoms with Gasteiger partial charge < -0.3 is 0 Å². The molecule has 0 bridgehead atoms. The van der Waals surface area contributed by atoms with Crippen molar-refractivity contribution in [3.63, 3.8) is 0 Å². The first-order valence-electron chi connectivity index (χ1n) is 6.82. The van der Waals surface area contributed by atoms with Gasteiger partial charge in [-0.15, -0.1) is 0 Å². The third kappa shape index (κ3) is 2.35. The van der Waals surface area contributed by atoms with Crippen LogP contribution >= 0.6 is 0 Å². The highest BCUT2D eigenvalue weighted by atomic mass is 14.8. The summed E-state index contributed by atoms with van der Waals surface area (Å²) in [5.74, 6) is 0. The lowest BCUT2D eigenvalue weighted by atomic mass is 9.95. The maximum atomic E-state index is 4.66. The molecule has 0 spiro atoms.